The minimum absolute atomic E-state index is 0.266. The zero-order valence-electron chi connectivity index (χ0n) is 10.3. The Morgan fingerprint density at radius 1 is 1.28 bits per heavy atom. The Kier molecular flexibility index (Phi) is 3.14. The van der Waals surface area contributed by atoms with Gasteiger partial charge in [0, 0.05) is 13.5 Å². The molecular weight excluding hydrogens is 232 g/mol. The Hall–Kier alpha value is -2.17. The number of hydrogen-bond donors (Lipinski definition) is 1. The third kappa shape index (κ3) is 1.88. The first-order valence-corrected chi connectivity index (χ1v) is 5.83. The van der Waals surface area contributed by atoms with Crippen LogP contribution in [0.4, 0.5) is 5.69 Å². The SMILES string of the molecule is CCCN1C(=O)c2cccc(NC(C)=O)c2C1=O. The van der Waals surface area contributed by atoms with E-state index in [0.717, 1.165) is 0 Å². The predicted octanol–water partition coefficient (Wildman–Crippen LogP) is 1.65. The van der Waals surface area contributed by atoms with Crippen molar-refractivity contribution in [3.8, 4) is 0 Å². The van der Waals surface area contributed by atoms with E-state index >= 15 is 0 Å². The van der Waals surface area contributed by atoms with Crippen molar-refractivity contribution in [3.05, 3.63) is 29.3 Å². The van der Waals surface area contributed by atoms with Crippen LogP contribution >= 0.6 is 0 Å². The molecule has 0 aliphatic carbocycles. The molecule has 0 aromatic heterocycles. The molecule has 0 saturated heterocycles. The van der Waals surface area contributed by atoms with Crippen molar-refractivity contribution in [3.63, 3.8) is 0 Å². The van der Waals surface area contributed by atoms with E-state index in [2.05, 4.69) is 5.32 Å². The number of carbonyl (C=O) groups is 3. The molecule has 1 aromatic rings. The van der Waals surface area contributed by atoms with Gasteiger partial charge in [-0.2, -0.15) is 0 Å². The molecule has 1 aromatic carbocycles. The zero-order chi connectivity index (χ0) is 13.3. The van der Waals surface area contributed by atoms with Crippen molar-refractivity contribution in [2.75, 3.05) is 11.9 Å². The van der Waals surface area contributed by atoms with Crippen LogP contribution in [0, 0.1) is 0 Å². The molecule has 0 radical (unpaired) electrons. The summed E-state index contributed by atoms with van der Waals surface area (Å²) in [5.74, 6) is -0.886. The summed E-state index contributed by atoms with van der Waals surface area (Å²) in [4.78, 5) is 36.5. The van der Waals surface area contributed by atoms with Crippen molar-refractivity contribution in [2.24, 2.45) is 0 Å². The maximum absolute atomic E-state index is 12.2. The lowest BCUT2D eigenvalue weighted by Gasteiger charge is -2.11. The summed E-state index contributed by atoms with van der Waals surface area (Å²) in [6.07, 6.45) is 0.709. The maximum atomic E-state index is 12.2. The molecule has 5 nitrogen and oxygen atoms in total. The Morgan fingerprint density at radius 3 is 2.61 bits per heavy atom. The topological polar surface area (TPSA) is 66.5 Å². The van der Waals surface area contributed by atoms with Gasteiger partial charge in [0.25, 0.3) is 11.8 Å². The first kappa shape index (κ1) is 12.3. The second-order valence-corrected chi connectivity index (χ2v) is 4.17. The standard InChI is InChI=1S/C13H14N2O3/c1-3-7-15-12(17)9-5-4-6-10(14-8(2)16)11(9)13(15)18/h4-6H,3,7H2,1-2H3,(H,14,16). The fraction of sp³-hybridized carbons (Fsp3) is 0.308. The fourth-order valence-electron chi connectivity index (χ4n) is 2.05. The molecule has 5 heteroatoms. The second kappa shape index (κ2) is 4.60. The van der Waals surface area contributed by atoms with Crippen molar-refractivity contribution in [2.45, 2.75) is 20.3 Å². The van der Waals surface area contributed by atoms with E-state index in [1.807, 2.05) is 6.92 Å². The molecule has 0 atom stereocenters. The molecule has 0 bridgehead atoms. The van der Waals surface area contributed by atoms with Gasteiger partial charge >= 0.3 is 0 Å². The Labute approximate surface area is 105 Å². The van der Waals surface area contributed by atoms with Crippen LogP contribution in [0.15, 0.2) is 18.2 Å². The fourth-order valence-corrected chi connectivity index (χ4v) is 2.05. The largest absolute Gasteiger partial charge is 0.326 e. The number of hydrogen-bond acceptors (Lipinski definition) is 3. The van der Waals surface area contributed by atoms with Gasteiger partial charge in [0.2, 0.25) is 5.91 Å². The number of anilines is 1. The van der Waals surface area contributed by atoms with Crippen LogP contribution in [0.3, 0.4) is 0 Å². The minimum atomic E-state index is -0.332. The normalized spacial score (nSPS) is 13.8. The van der Waals surface area contributed by atoms with E-state index in [-0.39, 0.29) is 17.7 Å². The van der Waals surface area contributed by atoms with Crippen molar-refractivity contribution in [1.82, 2.24) is 4.90 Å². The van der Waals surface area contributed by atoms with Gasteiger partial charge in [-0.15, -0.1) is 0 Å². The summed E-state index contributed by atoms with van der Waals surface area (Å²) >= 11 is 0. The number of rotatable bonds is 3. The molecule has 3 amide bonds. The van der Waals surface area contributed by atoms with Crippen LogP contribution in [-0.4, -0.2) is 29.2 Å². The summed E-state index contributed by atoms with van der Waals surface area (Å²) in [7, 11) is 0. The van der Waals surface area contributed by atoms with Crippen molar-refractivity contribution >= 4 is 23.4 Å². The highest BCUT2D eigenvalue weighted by molar-refractivity contribution is 6.24. The molecule has 1 N–H and O–H groups in total. The summed E-state index contributed by atoms with van der Waals surface area (Å²) in [6.45, 7) is 3.66. The average Bonchev–Trinajstić information content (AvgIpc) is 2.55. The number of carbonyl (C=O) groups excluding carboxylic acids is 3. The Balaban J connectivity index is 2.47. The van der Waals surface area contributed by atoms with E-state index in [9.17, 15) is 14.4 Å². The Morgan fingerprint density at radius 2 is 2.00 bits per heavy atom. The summed E-state index contributed by atoms with van der Waals surface area (Å²) in [5, 5.41) is 2.58. The monoisotopic (exact) mass is 246 g/mol. The molecule has 1 heterocycles. The van der Waals surface area contributed by atoms with Crippen LogP contribution in [0.5, 0.6) is 0 Å². The first-order chi connectivity index (χ1) is 8.56. The van der Waals surface area contributed by atoms with Gasteiger partial charge in [-0.05, 0) is 18.6 Å². The van der Waals surface area contributed by atoms with Gasteiger partial charge in [0.15, 0.2) is 0 Å². The molecule has 94 valence electrons. The van der Waals surface area contributed by atoms with E-state index in [0.29, 0.717) is 29.8 Å². The quantitative estimate of drug-likeness (QED) is 0.825. The van der Waals surface area contributed by atoms with Crippen LogP contribution < -0.4 is 5.32 Å². The van der Waals surface area contributed by atoms with E-state index in [4.69, 9.17) is 0 Å². The van der Waals surface area contributed by atoms with E-state index < -0.39 is 0 Å². The highest BCUT2D eigenvalue weighted by atomic mass is 16.2. The molecule has 0 spiro atoms. The van der Waals surface area contributed by atoms with Gasteiger partial charge in [-0.1, -0.05) is 13.0 Å². The van der Waals surface area contributed by atoms with Crippen LogP contribution in [0.25, 0.3) is 0 Å². The van der Waals surface area contributed by atoms with Gasteiger partial charge in [0.1, 0.15) is 0 Å². The molecule has 2 rings (SSSR count). The van der Waals surface area contributed by atoms with E-state index in [1.54, 1.807) is 18.2 Å². The predicted molar refractivity (Wildman–Crippen MR) is 66.4 cm³/mol. The Bertz CT molecular complexity index is 537. The molecule has 1 aliphatic heterocycles. The molecule has 18 heavy (non-hydrogen) atoms. The number of amides is 3. The lowest BCUT2D eigenvalue weighted by molar-refractivity contribution is -0.114. The second-order valence-electron chi connectivity index (χ2n) is 4.17. The third-order valence-corrected chi connectivity index (χ3v) is 2.76. The number of nitrogens with zero attached hydrogens (tertiary/aromatic N) is 1. The lowest BCUT2D eigenvalue weighted by atomic mass is 10.1. The van der Waals surface area contributed by atoms with Gasteiger partial charge in [0.05, 0.1) is 16.8 Å². The van der Waals surface area contributed by atoms with Gasteiger partial charge in [-0.3, -0.25) is 19.3 Å². The summed E-state index contributed by atoms with van der Waals surface area (Å²) in [5.41, 5.74) is 1.06. The smallest absolute Gasteiger partial charge is 0.263 e. The maximum Gasteiger partial charge on any atom is 0.263 e. The lowest BCUT2D eigenvalue weighted by Crippen LogP contribution is -2.30. The molecule has 0 fully saturated rings. The van der Waals surface area contributed by atoms with Crippen molar-refractivity contribution < 1.29 is 14.4 Å². The number of fused-ring (bicyclic) bond motifs is 1. The van der Waals surface area contributed by atoms with Crippen LogP contribution in [0.2, 0.25) is 0 Å². The number of imide groups is 1. The van der Waals surface area contributed by atoms with Crippen LogP contribution in [0.1, 0.15) is 41.0 Å². The molecular formula is C13H14N2O3. The molecule has 0 saturated carbocycles. The van der Waals surface area contributed by atoms with Crippen molar-refractivity contribution in [1.29, 1.82) is 0 Å². The first-order valence-electron chi connectivity index (χ1n) is 5.83. The van der Waals surface area contributed by atoms with E-state index in [1.165, 1.54) is 11.8 Å². The van der Waals surface area contributed by atoms with Gasteiger partial charge < -0.3 is 5.32 Å². The van der Waals surface area contributed by atoms with Gasteiger partial charge in [-0.25, -0.2) is 0 Å². The summed E-state index contributed by atoms with van der Waals surface area (Å²) in [6, 6.07) is 4.89. The zero-order valence-corrected chi connectivity index (χ0v) is 10.3. The number of benzene rings is 1. The molecule has 1 aliphatic rings. The highest BCUT2D eigenvalue weighted by Gasteiger charge is 2.36. The van der Waals surface area contributed by atoms with Crippen LogP contribution in [-0.2, 0) is 4.79 Å². The summed E-state index contributed by atoms with van der Waals surface area (Å²) < 4.78 is 0. The third-order valence-electron chi connectivity index (χ3n) is 2.76. The highest BCUT2D eigenvalue weighted by Crippen LogP contribution is 2.29. The number of nitrogens with one attached hydrogen (secondary N) is 1. The minimum Gasteiger partial charge on any atom is -0.326 e. The molecule has 0 unspecified atom stereocenters. The average molecular weight is 246 g/mol.